The van der Waals surface area contributed by atoms with Gasteiger partial charge in [0.05, 0.1) is 0 Å². The van der Waals surface area contributed by atoms with Crippen molar-refractivity contribution < 1.29 is 0 Å². The third kappa shape index (κ3) is 6.17. The number of rotatable bonds is 8. The predicted octanol–water partition coefficient (Wildman–Crippen LogP) is 16.0. The maximum Gasteiger partial charge on any atom is 0.0470 e. The molecule has 0 radical (unpaired) electrons. The van der Waals surface area contributed by atoms with E-state index in [4.69, 9.17) is 0 Å². The van der Waals surface area contributed by atoms with Gasteiger partial charge in [0.2, 0.25) is 0 Å². The molecule has 11 rings (SSSR count). The third-order valence-electron chi connectivity index (χ3n) is 11.6. The Morgan fingerprint density at radius 1 is 0.288 bits per heavy atom. The molecule has 59 heavy (non-hydrogen) atoms. The van der Waals surface area contributed by atoms with Crippen LogP contribution in [0.1, 0.15) is 0 Å². The molecular formula is C56H39N3. The monoisotopic (exact) mass is 753 g/mol. The Kier molecular flexibility index (Phi) is 8.49. The molecular weight excluding hydrogens is 715 g/mol. The minimum absolute atomic E-state index is 1.12. The van der Waals surface area contributed by atoms with Crippen molar-refractivity contribution in [2.75, 3.05) is 15.1 Å². The lowest BCUT2D eigenvalue weighted by molar-refractivity contribution is 1.28. The smallest absolute Gasteiger partial charge is 0.0470 e. The van der Waals surface area contributed by atoms with Gasteiger partial charge in [-0.1, -0.05) is 140 Å². The molecule has 0 atom stereocenters. The molecule has 0 spiro atoms. The van der Waals surface area contributed by atoms with E-state index in [2.05, 4.69) is 246 Å². The zero-order valence-corrected chi connectivity index (χ0v) is 32.3. The molecule has 1 N–H and O–H groups in total. The highest BCUT2D eigenvalue weighted by Gasteiger charge is 2.22. The van der Waals surface area contributed by atoms with Crippen LogP contribution >= 0.6 is 0 Å². The van der Waals surface area contributed by atoms with Crippen molar-refractivity contribution in [2.24, 2.45) is 0 Å². The number of nitrogens with one attached hydrogen (secondary N) is 1. The molecule has 0 aliphatic carbocycles. The molecule has 1 aliphatic heterocycles. The average molecular weight is 754 g/mol. The zero-order valence-electron chi connectivity index (χ0n) is 32.3. The lowest BCUT2D eigenvalue weighted by Crippen LogP contribution is -2.09. The zero-order chi connectivity index (χ0) is 39.1. The molecule has 1 heterocycles. The van der Waals surface area contributed by atoms with Crippen molar-refractivity contribution >= 4 is 67.0 Å². The van der Waals surface area contributed by atoms with E-state index in [1.54, 1.807) is 0 Å². The van der Waals surface area contributed by atoms with Crippen LogP contribution in [0.25, 0.3) is 54.9 Å². The van der Waals surface area contributed by atoms with E-state index in [1.807, 2.05) is 0 Å². The SMILES string of the molecule is c1ccc(N(c2ccccc2)c2ccc(-c3ccc4c5c(ccc4c3)Nc3ccc(-c4ccc(N(c6ccccc6)c6ccccc6)cc4)c4cccc-5c34)cc2)cc1. The second kappa shape index (κ2) is 14.6. The topological polar surface area (TPSA) is 18.5 Å². The Morgan fingerprint density at radius 2 is 0.763 bits per heavy atom. The Hall–Kier alpha value is -7.88. The molecule has 3 nitrogen and oxygen atoms in total. The van der Waals surface area contributed by atoms with Gasteiger partial charge in [-0.3, -0.25) is 0 Å². The summed E-state index contributed by atoms with van der Waals surface area (Å²) in [5, 5.41) is 8.77. The number of anilines is 8. The fourth-order valence-corrected chi connectivity index (χ4v) is 8.82. The van der Waals surface area contributed by atoms with Crippen LogP contribution in [0, 0.1) is 0 Å². The highest BCUT2D eigenvalue weighted by atomic mass is 15.1. The van der Waals surface area contributed by atoms with E-state index >= 15 is 0 Å². The lowest BCUT2D eigenvalue weighted by atomic mass is 9.86. The Balaban J connectivity index is 0.942. The number of hydrogen-bond acceptors (Lipinski definition) is 3. The first kappa shape index (κ1) is 34.4. The summed E-state index contributed by atoms with van der Waals surface area (Å²) in [5.74, 6) is 0. The van der Waals surface area contributed by atoms with Gasteiger partial charge >= 0.3 is 0 Å². The van der Waals surface area contributed by atoms with Crippen LogP contribution in [0.4, 0.5) is 45.5 Å². The highest BCUT2D eigenvalue weighted by molar-refractivity contribution is 6.20. The van der Waals surface area contributed by atoms with Crippen LogP contribution in [0.2, 0.25) is 0 Å². The maximum atomic E-state index is 3.81. The second-order valence-electron chi connectivity index (χ2n) is 15.0. The van der Waals surface area contributed by atoms with Gasteiger partial charge in [0.1, 0.15) is 0 Å². The molecule has 0 saturated heterocycles. The molecule has 278 valence electrons. The average Bonchev–Trinajstić information content (AvgIpc) is 3.31. The maximum absolute atomic E-state index is 3.81. The molecule has 0 aromatic heterocycles. The Labute approximate surface area is 344 Å². The van der Waals surface area contributed by atoms with Crippen molar-refractivity contribution in [3.05, 3.63) is 231 Å². The quantitative estimate of drug-likeness (QED) is 0.167. The minimum Gasteiger partial charge on any atom is -0.354 e. The van der Waals surface area contributed by atoms with E-state index in [0.29, 0.717) is 0 Å². The number of hydrogen-bond donors (Lipinski definition) is 1. The van der Waals surface area contributed by atoms with E-state index < -0.39 is 0 Å². The summed E-state index contributed by atoms with van der Waals surface area (Å²) in [6.07, 6.45) is 0. The molecule has 1 aliphatic rings. The van der Waals surface area contributed by atoms with Gasteiger partial charge in [0.25, 0.3) is 0 Å². The van der Waals surface area contributed by atoms with E-state index in [9.17, 15) is 0 Å². The standard InChI is InChI=1S/C56H39N3/c1-5-14-43(15-6-1)58(44-16-7-2-8-17-44)47-30-24-39(25-31-47)41-28-34-50-42(38-41)29-36-53-55(50)52-23-13-22-51-49(35-37-54(57-53)56(51)52)40-26-32-48(33-27-40)59(45-18-9-3-10-19-45)46-20-11-4-12-21-46/h1-38,57H. The number of fused-ring (bicyclic) bond motifs is 4. The first-order valence-electron chi connectivity index (χ1n) is 20.2. The van der Waals surface area contributed by atoms with Crippen LogP contribution in [0.3, 0.4) is 0 Å². The number of benzene rings is 10. The fraction of sp³-hybridized carbons (Fsp3) is 0. The van der Waals surface area contributed by atoms with Crippen molar-refractivity contribution in [3.63, 3.8) is 0 Å². The summed E-state index contributed by atoms with van der Waals surface area (Å²) in [7, 11) is 0. The van der Waals surface area contributed by atoms with Gasteiger partial charge in [0.15, 0.2) is 0 Å². The summed E-state index contributed by atoms with van der Waals surface area (Å²) in [6, 6.07) is 82.8. The molecule has 10 aromatic rings. The van der Waals surface area contributed by atoms with E-state index in [1.165, 1.54) is 54.9 Å². The minimum atomic E-state index is 1.12. The molecule has 0 unspecified atom stereocenters. The highest BCUT2D eigenvalue weighted by Crippen LogP contribution is 2.49. The summed E-state index contributed by atoms with van der Waals surface area (Å²) >= 11 is 0. The van der Waals surface area contributed by atoms with Crippen molar-refractivity contribution in [1.82, 2.24) is 0 Å². The number of para-hydroxylation sites is 4. The van der Waals surface area contributed by atoms with Crippen LogP contribution in [0.15, 0.2) is 231 Å². The van der Waals surface area contributed by atoms with Crippen LogP contribution < -0.4 is 15.1 Å². The van der Waals surface area contributed by atoms with E-state index in [-0.39, 0.29) is 0 Å². The molecule has 0 bridgehead atoms. The fourth-order valence-electron chi connectivity index (χ4n) is 8.82. The Morgan fingerprint density at radius 3 is 1.31 bits per heavy atom. The van der Waals surface area contributed by atoms with Gasteiger partial charge < -0.3 is 15.1 Å². The van der Waals surface area contributed by atoms with Crippen molar-refractivity contribution in [3.8, 4) is 33.4 Å². The summed E-state index contributed by atoms with van der Waals surface area (Å²) < 4.78 is 0. The largest absolute Gasteiger partial charge is 0.354 e. The molecule has 10 aromatic carbocycles. The second-order valence-corrected chi connectivity index (χ2v) is 15.0. The summed E-state index contributed by atoms with van der Waals surface area (Å²) in [4.78, 5) is 4.60. The molecule has 0 saturated carbocycles. The molecule has 0 amide bonds. The van der Waals surface area contributed by atoms with Gasteiger partial charge in [-0.2, -0.15) is 0 Å². The van der Waals surface area contributed by atoms with Crippen LogP contribution in [0.5, 0.6) is 0 Å². The van der Waals surface area contributed by atoms with Crippen LogP contribution in [-0.2, 0) is 0 Å². The molecule has 3 heteroatoms. The van der Waals surface area contributed by atoms with Crippen molar-refractivity contribution in [1.29, 1.82) is 0 Å². The first-order chi connectivity index (χ1) is 29.3. The van der Waals surface area contributed by atoms with Gasteiger partial charge in [-0.05, 0) is 135 Å². The molecule has 0 fully saturated rings. The lowest BCUT2D eigenvalue weighted by Gasteiger charge is -2.26. The summed E-state index contributed by atoms with van der Waals surface area (Å²) in [6.45, 7) is 0. The summed E-state index contributed by atoms with van der Waals surface area (Å²) in [5.41, 5.74) is 16.3. The first-order valence-corrected chi connectivity index (χ1v) is 20.2. The van der Waals surface area contributed by atoms with Gasteiger partial charge in [0, 0.05) is 56.4 Å². The van der Waals surface area contributed by atoms with Crippen molar-refractivity contribution in [2.45, 2.75) is 0 Å². The van der Waals surface area contributed by atoms with Crippen LogP contribution in [-0.4, -0.2) is 0 Å². The van der Waals surface area contributed by atoms with E-state index in [0.717, 1.165) is 45.5 Å². The Bertz CT molecular complexity index is 3010. The number of nitrogens with zero attached hydrogens (tertiary/aromatic N) is 2. The third-order valence-corrected chi connectivity index (χ3v) is 11.6. The van der Waals surface area contributed by atoms with Gasteiger partial charge in [-0.15, -0.1) is 0 Å². The predicted molar refractivity (Wildman–Crippen MR) is 250 cm³/mol. The van der Waals surface area contributed by atoms with Gasteiger partial charge in [-0.25, -0.2) is 0 Å². The normalized spacial score (nSPS) is 11.5.